The van der Waals surface area contributed by atoms with E-state index in [-0.39, 0.29) is 6.61 Å². The molecule has 7 heteroatoms. The van der Waals surface area contributed by atoms with Crippen molar-refractivity contribution in [3.05, 3.63) is 59.9 Å². The second kappa shape index (κ2) is 6.61. The number of nitrogens with one attached hydrogen (secondary N) is 1. The van der Waals surface area contributed by atoms with Crippen molar-refractivity contribution in [3.63, 3.8) is 0 Å². The van der Waals surface area contributed by atoms with E-state index in [2.05, 4.69) is 20.4 Å². The third kappa shape index (κ3) is 3.75. The van der Waals surface area contributed by atoms with Gasteiger partial charge in [-0.3, -0.25) is 0 Å². The molecule has 1 saturated carbocycles. The highest BCUT2D eigenvalue weighted by Gasteiger charge is 2.29. The predicted molar refractivity (Wildman–Crippen MR) is 89.3 cm³/mol. The van der Waals surface area contributed by atoms with Crippen molar-refractivity contribution in [1.82, 2.24) is 15.1 Å². The Morgan fingerprint density at radius 1 is 1.16 bits per heavy atom. The third-order valence-corrected chi connectivity index (χ3v) is 3.77. The Balaban J connectivity index is 1.35. The van der Waals surface area contributed by atoms with Gasteiger partial charge in [0, 0.05) is 11.6 Å². The maximum atomic E-state index is 8.88. The van der Waals surface area contributed by atoms with Crippen LogP contribution in [0.3, 0.4) is 0 Å². The van der Waals surface area contributed by atoms with Crippen molar-refractivity contribution in [1.29, 1.82) is 5.26 Å². The van der Waals surface area contributed by atoms with Gasteiger partial charge in [0.1, 0.15) is 23.3 Å². The number of rotatable bonds is 6. The quantitative estimate of drug-likeness (QED) is 0.737. The molecule has 4 rings (SSSR count). The van der Waals surface area contributed by atoms with Crippen molar-refractivity contribution < 1.29 is 9.26 Å². The summed E-state index contributed by atoms with van der Waals surface area (Å²) in [6.45, 7) is 0.273. The Labute approximate surface area is 144 Å². The van der Waals surface area contributed by atoms with Gasteiger partial charge < -0.3 is 14.6 Å². The van der Waals surface area contributed by atoms with E-state index < -0.39 is 0 Å². The van der Waals surface area contributed by atoms with Crippen LogP contribution in [0.2, 0.25) is 0 Å². The minimum atomic E-state index is 0.273. The van der Waals surface area contributed by atoms with E-state index >= 15 is 0 Å². The van der Waals surface area contributed by atoms with Crippen LogP contribution in [0.1, 0.15) is 36.2 Å². The summed E-state index contributed by atoms with van der Waals surface area (Å²) in [5, 5.41) is 15.9. The van der Waals surface area contributed by atoms with Crippen LogP contribution < -0.4 is 10.1 Å². The molecule has 0 unspecified atom stereocenters. The van der Waals surface area contributed by atoms with E-state index in [9.17, 15) is 0 Å². The zero-order valence-electron chi connectivity index (χ0n) is 13.3. The Bertz CT molecular complexity index is 910. The molecule has 1 aliphatic rings. The lowest BCUT2D eigenvalue weighted by Gasteiger charge is -2.07. The molecular weight excluding hydrogens is 318 g/mol. The van der Waals surface area contributed by atoms with Crippen LogP contribution in [0, 0.1) is 11.3 Å². The molecular formula is C18H15N5O2. The van der Waals surface area contributed by atoms with Gasteiger partial charge in [-0.15, -0.1) is 0 Å². The molecule has 3 aromatic rings. The number of nitrogens with zero attached hydrogens (tertiary/aromatic N) is 4. The van der Waals surface area contributed by atoms with Gasteiger partial charge in [0.2, 0.25) is 11.7 Å². The molecule has 2 heterocycles. The number of aromatic nitrogens is 3. The SMILES string of the molecule is N#Cc1cccc(Nc2ccc(OCc3noc(C4CC4)n3)cc2)n1. The third-order valence-electron chi connectivity index (χ3n) is 3.77. The molecule has 1 N–H and O–H groups in total. The summed E-state index contributed by atoms with van der Waals surface area (Å²) >= 11 is 0. The monoisotopic (exact) mass is 333 g/mol. The number of anilines is 2. The number of pyridine rings is 1. The van der Waals surface area contributed by atoms with Crippen LogP contribution in [0.15, 0.2) is 47.0 Å². The highest BCUT2D eigenvalue weighted by atomic mass is 16.5. The van der Waals surface area contributed by atoms with Gasteiger partial charge in [-0.2, -0.15) is 10.2 Å². The Morgan fingerprint density at radius 3 is 2.76 bits per heavy atom. The van der Waals surface area contributed by atoms with E-state index in [0.29, 0.717) is 34.9 Å². The second-order valence-corrected chi connectivity index (χ2v) is 5.78. The van der Waals surface area contributed by atoms with Gasteiger partial charge >= 0.3 is 0 Å². The van der Waals surface area contributed by atoms with Crippen LogP contribution in [-0.2, 0) is 6.61 Å². The largest absolute Gasteiger partial charge is 0.485 e. The zero-order chi connectivity index (χ0) is 17.1. The summed E-state index contributed by atoms with van der Waals surface area (Å²) in [4.78, 5) is 8.50. The van der Waals surface area contributed by atoms with E-state index in [4.69, 9.17) is 14.5 Å². The van der Waals surface area contributed by atoms with Gasteiger partial charge in [-0.1, -0.05) is 11.2 Å². The maximum Gasteiger partial charge on any atom is 0.229 e. The van der Waals surface area contributed by atoms with Gasteiger partial charge in [0.15, 0.2) is 6.61 Å². The van der Waals surface area contributed by atoms with Crippen LogP contribution >= 0.6 is 0 Å². The molecule has 124 valence electrons. The summed E-state index contributed by atoms with van der Waals surface area (Å²) in [7, 11) is 0. The van der Waals surface area contributed by atoms with Crippen molar-refractivity contribution in [3.8, 4) is 11.8 Å². The number of hydrogen-bond donors (Lipinski definition) is 1. The molecule has 25 heavy (non-hydrogen) atoms. The highest BCUT2D eigenvalue weighted by molar-refractivity contribution is 5.57. The Hall–Kier alpha value is -3.40. The minimum absolute atomic E-state index is 0.273. The van der Waals surface area contributed by atoms with Crippen LogP contribution in [-0.4, -0.2) is 15.1 Å². The predicted octanol–water partition coefficient (Wildman–Crippen LogP) is 3.54. The molecule has 1 aliphatic carbocycles. The second-order valence-electron chi connectivity index (χ2n) is 5.78. The topological polar surface area (TPSA) is 96.9 Å². The van der Waals surface area contributed by atoms with Crippen molar-refractivity contribution >= 4 is 11.5 Å². The lowest BCUT2D eigenvalue weighted by molar-refractivity contribution is 0.285. The minimum Gasteiger partial charge on any atom is -0.485 e. The van der Waals surface area contributed by atoms with Crippen LogP contribution in [0.5, 0.6) is 5.75 Å². The molecule has 2 aromatic heterocycles. The van der Waals surface area contributed by atoms with Gasteiger partial charge in [-0.25, -0.2) is 4.98 Å². The fraction of sp³-hybridized carbons (Fsp3) is 0.222. The van der Waals surface area contributed by atoms with E-state index in [0.717, 1.165) is 18.5 Å². The highest BCUT2D eigenvalue weighted by Crippen LogP contribution is 2.38. The average molecular weight is 333 g/mol. The number of benzene rings is 1. The smallest absolute Gasteiger partial charge is 0.229 e. The molecule has 0 atom stereocenters. The molecule has 0 saturated heterocycles. The van der Waals surface area contributed by atoms with Crippen LogP contribution in [0.25, 0.3) is 0 Å². The molecule has 1 aromatic carbocycles. The first-order valence-electron chi connectivity index (χ1n) is 8.00. The fourth-order valence-corrected chi connectivity index (χ4v) is 2.32. The molecule has 0 amide bonds. The first-order valence-corrected chi connectivity index (χ1v) is 8.00. The summed E-state index contributed by atoms with van der Waals surface area (Å²) < 4.78 is 10.9. The van der Waals surface area contributed by atoms with Gasteiger partial charge in [0.05, 0.1) is 0 Å². The number of hydrogen-bond acceptors (Lipinski definition) is 7. The fourth-order valence-electron chi connectivity index (χ4n) is 2.32. The normalized spacial score (nSPS) is 13.2. The Kier molecular flexibility index (Phi) is 4.01. The first-order chi connectivity index (χ1) is 12.3. The lowest BCUT2D eigenvalue weighted by atomic mass is 10.3. The van der Waals surface area contributed by atoms with E-state index in [1.54, 1.807) is 18.2 Å². The van der Waals surface area contributed by atoms with E-state index in [1.807, 2.05) is 30.3 Å². The molecule has 0 spiro atoms. The summed E-state index contributed by atoms with van der Waals surface area (Å²) in [6, 6.07) is 14.7. The first kappa shape index (κ1) is 15.1. The molecule has 0 aliphatic heterocycles. The van der Waals surface area contributed by atoms with Gasteiger partial charge in [-0.05, 0) is 49.2 Å². The van der Waals surface area contributed by atoms with Crippen molar-refractivity contribution in [2.75, 3.05) is 5.32 Å². The lowest BCUT2D eigenvalue weighted by Crippen LogP contribution is -1.98. The van der Waals surface area contributed by atoms with Crippen molar-refractivity contribution in [2.45, 2.75) is 25.4 Å². The summed E-state index contributed by atoms with van der Waals surface area (Å²) in [5.74, 6) is 3.04. The molecule has 0 bridgehead atoms. The molecule has 0 radical (unpaired) electrons. The maximum absolute atomic E-state index is 8.88. The molecule has 1 fully saturated rings. The Morgan fingerprint density at radius 2 is 2.00 bits per heavy atom. The summed E-state index contributed by atoms with van der Waals surface area (Å²) in [5.41, 5.74) is 1.22. The number of ether oxygens (including phenoxy) is 1. The van der Waals surface area contributed by atoms with Crippen LogP contribution in [0.4, 0.5) is 11.5 Å². The van der Waals surface area contributed by atoms with Gasteiger partial charge in [0.25, 0.3) is 0 Å². The van der Waals surface area contributed by atoms with E-state index in [1.165, 1.54) is 0 Å². The average Bonchev–Trinajstić information content (AvgIpc) is 3.40. The van der Waals surface area contributed by atoms with Crippen molar-refractivity contribution in [2.24, 2.45) is 0 Å². The zero-order valence-corrected chi connectivity index (χ0v) is 13.3. The summed E-state index contributed by atoms with van der Waals surface area (Å²) in [6.07, 6.45) is 2.26. The standard InChI is InChI=1S/C18H15N5O2/c19-10-14-2-1-3-16(21-14)20-13-6-8-15(9-7-13)24-11-17-22-18(25-23-17)12-4-5-12/h1-3,6-9,12H,4-5,11H2,(H,20,21). The molecule has 7 nitrogen and oxygen atoms in total. The number of nitriles is 1.